The van der Waals surface area contributed by atoms with E-state index in [4.69, 9.17) is 4.74 Å². The van der Waals surface area contributed by atoms with Gasteiger partial charge in [-0.3, -0.25) is 9.80 Å². The Bertz CT molecular complexity index is 256. The van der Waals surface area contributed by atoms with E-state index in [0.29, 0.717) is 26.2 Å². The minimum Gasteiger partial charge on any atom is -0.380 e. The number of alkyl halides is 3. The Morgan fingerprint density at radius 1 is 1.00 bits per heavy atom. The second kappa shape index (κ2) is 10.4. The number of piperazine rings is 1. The van der Waals surface area contributed by atoms with Gasteiger partial charge in [0.2, 0.25) is 0 Å². The van der Waals surface area contributed by atoms with Gasteiger partial charge in [-0.25, -0.2) is 0 Å². The van der Waals surface area contributed by atoms with Crippen LogP contribution in [0, 0.1) is 0 Å². The number of rotatable bonds is 10. The molecular formula is C14H28F3N3O. The van der Waals surface area contributed by atoms with Gasteiger partial charge in [-0.1, -0.05) is 13.3 Å². The van der Waals surface area contributed by atoms with E-state index < -0.39 is 12.7 Å². The molecule has 1 heterocycles. The molecular weight excluding hydrogens is 283 g/mol. The first-order chi connectivity index (χ1) is 10.0. The fourth-order valence-electron chi connectivity index (χ4n) is 2.28. The third-order valence-electron chi connectivity index (χ3n) is 3.54. The smallest absolute Gasteiger partial charge is 0.380 e. The third-order valence-corrected chi connectivity index (χ3v) is 3.54. The van der Waals surface area contributed by atoms with E-state index in [2.05, 4.69) is 17.1 Å². The van der Waals surface area contributed by atoms with Crippen molar-refractivity contribution in [2.75, 3.05) is 65.6 Å². The predicted octanol–water partition coefficient (Wildman–Crippen LogP) is 1.57. The van der Waals surface area contributed by atoms with Crippen LogP contribution in [-0.4, -0.2) is 81.5 Å². The summed E-state index contributed by atoms with van der Waals surface area (Å²) in [6.07, 6.45) is -1.84. The van der Waals surface area contributed by atoms with Crippen LogP contribution in [0.15, 0.2) is 0 Å². The fourth-order valence-corrected chi connectivity index (χ4v) is 2.28. The van der Waals surface area contributed by atoms with E-state index in [1.165, 1.54) is 4.90 Å². The van der Waals surface area contributed by atoms with Crippen molar-refractivity contribution >= 4 is 0 Å². The summed E-state index contributed by atoms with van der Waals surface area (Å²) in [5, 5.41) is 3.30. The van der Waals surface area contributed by atoms with Gasteiger partial charge in [0, 0.05) is 52.4 Å². The molecule has 1 fully saturated rings. The lowest BCUT2D eigenvalue weighted by molar-refractivity contribution is -0.149. The van der Waals surface area contributed by atoms with Gasteiger partial charge in [0.15, 0.2) is 0 Å². The number of ether oxygens (including phenoxy) is 1. The molecule has 7 heteroatoms. The number of nitrogens with one attached hydrogen (secondary N) is 1. The molecule has 1 aliphatic rings. The molecule has 0 aromatic heterocycles. The Morgan fingerprint density at radius 3 is 2.29 bits per heavy atom. The SMILES string of the molecule is CCCCOCCNCCN1CCN(CC(F)(F)F)CC1. The average molecular weight is 311 g/mol. The highest BCUT2D eigenvalue weighted by Crippen LogP contribution is 2.17. The Morgan fingerprint density at radius 2 is 1.67 bits per heavy atom. The monoisotopic (exact) mass is 311 g/mol. The molecule has 0 saturated carbocycles. The van der Waals surface area contributed by atoms with Gasteiger partial charge >= 0.3 is 6.18 Å². The van der Waals surface area contributed by atoms with Crippen molar-refractivity contribution in [3.63, 3.8) is 0 Å². The molecule has 0 spiro atoms. The highest BCUT2D eigenvalue weighted by molar-refractivity contribution is 4.74. The summed E-state index contributed by atoms with van der Waals surface area (Å²) in [6.45, 7) is 7.89. The summed E-state index contributed by atoms with van der Waals surface area (Å²) in [7, 11) is 0. The van der Waals surface area contributed by atoms with Crippen LogP contribution in [-0.2, 0) is 4.74 Å². The van der Waals surface area contributed by atoms with Gasteiger partial charge in [0.25, 0.3) is 0 Å². The molecule has 0 bridgehead atoms. The number of hydrogen-bond acceptors (Lipinski definition) is 4. The topological polar surface area (TPSA) is 27.7 Å². The van der Waals surface area contributed by atoms with E-state index in [0.717, 1.165) is 45.7 Å². The second-order valence-electron chi connectivity index (χ2n) is 5.45. The van der Waals surface area contributed by atoms with Crippen LogP contribution in [0.4, 0.5) is 13.2 Å². The Labute approximate surface area is 125 Å². The molecule has 1 N–H and O–H groups in total. The summed E-state index contributed by atoms with van der Waals surface area (Å²) in [6, 6.07) is 0. The standard InChI is InChI=1S/C14H28F3N3O/c1-2-3-11-21-12-5-18-4-6-19-7-9-20(10-8-19)13-14(15,16)17/h18H,2-13H2,1H3. The minimum atomic E-state index is -4.08. The average Bonchev–Trinajstić information content (AvgIpc) is 2.42. The largest absolute Gasteiger partial charge is 0.401 e. The fraction of sp³-hybridized carbons (Fsp3) is 1.00. The van der Waals surface area contributed by atoms with E-state index in [1.54, 1.807) is 0 Å². The minimum absolute atomic E-state index is 0.500. The highest BCUT2D eigenvalue weighted by atomic mass is 19.4. The van der Waals surface area contributed by atoms with Crippen molar-refractivity contribution < 1.29 is 17.9 Å². The van der Waals surface area contributed by atoms with Crippen LogP contribution >= 0.6 is 0 Å². The van der Waals surface area contributed by atoms with E-state index in [1.807, 2.05) is 0 Å². The van der Waals surface area contributed by atoms with Crippen LogP contribution < -0.4 is 5.32 Å². The highest BCUT2D eigenvalue weighted by Gasteiger charge is 2.31. The lowest BCUT2D eigenvalue weighted by atomic mass is 10.3. The lowest BCUT2D eigenvalue weighted by Crippen LogP contribution is -2.50. The maximum absolute atomic E-state index is 12.3. The predicted molar refractivity (Wildman–Crippen MR) is 77.5 cm³/mol. The van der Waals surface area contributed by atoms with Crippen molar-refractivity contribution in [3.8, 4) is 0 Å². The summed E-state index contributed by atoms with van der Waals surface area (Å²) in [5.74, 6) is 0. The summed E-state index contributed by atoms with van der Waals surface area (Å²) < 4.78 is 42.2. The molecule has 21 heavy (non-hydrogen) atoms. The van der Waals surface area contributed by atoms with Gasteiger partial charge in [-0.05, 0) is 6.42 Å². The van der Waals surface area contributed by atoms with Crippen LogP contribution in [0.25, 0.3) is 0 Å². The molecule has 4 nitrogen and oxygen atoms in total. The first kappa shape index (κ1) is 18.7. The molecule has 0 aromatic rings. The van der Waals surface area contributed by atoms with Crippen LogP contribution in [0.5, 0.6) is 0 Å². The molecule has 1 aliphatic heterocycles. The van der Waals surface area contributed by atoms with Crippen molar-refractivity contribution in [3.05, 3.63) is 0 Å². The molecule has 0 aromatic carbocycles. The molecule has 0 atom stereocenters. The zero-order valence-electron chi connectivity index (χ0n) is 12.9. The summed E-state index contributed by atoms with van der Waals surface area (Å²) in [4.78, 5) is 3.68. The molecule has 1 saturated heterocycles. The Kier molecular flexibility index (Phi) is 9.23. The molecule has 0 unspecified atom stereocenters. The summed E-state index contributed by atoms with van der Waals surface area (Å²) in [5.41, 5.74) is 0. The van der Waals surface area contributed by atoms with Gasteiger partial charge in [0.05, 0.1) is 13.2 Å². The van der Waals surface area contributed by atoms with Gasteiger partial charge in [-0.2, -0.15) is 13.2 Å². The number of unbranched alkanes of at least 4 members (excludes halogenated alkanes) is 1. The van der Waals surface area contributed by atoms with Crippen molar-refractivity contribution in [2.24, 2.45) is 0 Å². The van der Waals surface area contributed by atoms with Gasteiger partial charge in [-0.15, -0.1) is 0 Å². The van der Waals surface area contributed by atoms with Crippen molar-refractivity contribution in [1.82, 2.24) is 15.1 Å². The third kappa shape index (κ3) is 10.1. The normalized spacial score (nSPS) is 18.3. The second-order valence-corrected chi connectivity index (χ2v) is 5.45. The lowest BCUT2D eigenvalue weighted by Gasteiger charge is -2.34. The van der Waals surface area contributed by atoms with Crippen LogP contribution in [0.3, 0.4) is 0 Å². The maximum atomic E-state index is 12.3. The number of halogens is 3. The molecule has 0 radical (unpaired) electrons. The molecule has 0 aliphatic carbocycles. The molecule has 126 valence electrons. The van der Waals surface area contributed by atoms with Gasteiger partial charge in [0.1, 0.15) is 0 Å². The maximum Gasteiger partial charge on any atom is 0.401 e. The van der Waals surface area contributed by atoms with Crippen LogP contribution in [0.1, 0.15) is 19.8 Å². The first-order valence-electron chi connectivity index (χ1n) is 7.81. The molecule has 0 amide bonds. The first-order valence-corrected chi connectivity index (χ1v) is 7.81. The molecule has 1 rings (SSSR count). The van der Waals surface area contributed by atoms with Gasteiger partial charge < -0.3 is 10.1 Å². The van der Waals surface area contributed by atoms with E-state index >= 15 is 0 Å². The van der Waals surface area contributed by atoms with Crippen LogP contribution in [0.2, 0.25) is 0 Å². The van der Waals surface area contributed by atoms with Crippen molar-refractivity contribution in [2.45, 2.75) is 25.9 Å². The zero-order chi connectivity index (χ0) is 15.6. The summed E-state index contributed by atoms with van der Waals surface area (Å²) >= 11 is 0. The van der Waals surface area contributed by atoms with E-state index in [9.17, 15) is 13.2 Å². The number of hydrogen-bond donors (Lipinski definition) is 1. The Hall–Kier alpha value is -0.370. The Balaban J connectivity index is 1.94. The number of nitrogens with zero attached hydrogens (tertiary/aromatic N) is 2. The zero-order valence-corrected chi connectivity index (χ0v) is 12.9. The quantitative estimate of drug-likeness (QED) is 0.620. The van der Waals surface area contributed by atoms with Crippen molar-refractivity contribution in [1.29, 1.82) is 0 Å². The van der Waals surface area contributed by atoms with E-state index in [-0.39, 0.29) is 0 Å².